The van der Waals surface area contributed by atoms with E-state index >= 15 is 0 Å². The van der Waals surface area contributed by atoms with Crippen molar-refractivity contribution in [2.75, 3.05) is 0 Å². The summed E-state index contributed by atoms with van der Waals surface area (Å²) in [4.78, 5) is 2.87. The van der Waals surface area contributed by atoms with Crippen molar-refractivity contribution < 1.29 is 0 Å². The number of nitrogens with two attached hydrogens (primary N) is 1. The highest BCUT2D eigenvalue weighted by Gasteiger charge is 2.21. The zero-order valence-corrected chi connectivity index (χ0v) is 9.60. The molecule has 1 rings (SSSR count). The zero-order chi connectivity index (χ0) is 11.1. The second kappa shape index (κ2) is 6.70. The lowest BCUT2D eigenvalue weighted by molar-refractivity contribution is 0.301. The molecule has 0 aromatic heterocycles. The Hall–Kier alpha value is -0.730. The topological polar surface area (TPSA) is 74.8 Å². The average Bonchev–Trinajstić information content (AvgIpc) is 2.27. The summed E-state index contributed by atoms with van der Waals surface area (Å²) in [5.41, 5.74) is 14.5. The van der Waals surface area contributed by atoms with Crippen LogP contribution in [0.4, 0.5) is 0 Å². The Kier molecular flexibility index (Phi) is 5.51. The molecular formula is C11H22N4. The van der Waals surface area contributed by atoms with Gasteiger partial charge in [-0.05, 0) is 24.3 Å². The van der Waals surface area contributed by atoms with Gasteiger partial charge in [0.25, 0.3) is 0 Å². The van der Waals surface area contributed by atoms with Gasteiger partial charge < -0.3 is 5.73 Å². The van der Waals surface area contributed by atoms with Crippen LogP contribution in [0.3, 0.4) is 0 Å². The third kappa shape index (κ3) is 4.10. The van der Waals surface area contributed by atoms with Crippen molar-refractivity contribution in [2.24, 2.45) is 16.8 Å². The van der Waals surface area contributed by atoms with Crippen LogP contribution in [0.1, 0.15) is 51.9 Å². The highest BCUT2D eigenvalue weighted by molar-refractivity contribution is 4.82. The molecule has 0 spiro atoms. The van der Waals surface area contributed by atoms with Gasteiger partial charge in [-0.25, -0.2) is 0 Å². The minimum atomic E-state index is -0.0167. The molecule has 0 saturated heterocycles. The third-order valence-corrected chi connectivity index (χ3v) is 3.44. The lowest BCUT2D eigenvalue weighted by Crippen LogP contribution is -2.35. The van der Waals surface area contributed by atoms with E-state index in [9.17, 15) is 0 Å². The van der Waals surface area contributed by atoms with Crippen molar-refractivity contribution in [2.45, 2.75) is 64.0 Å². The molecule has 0 radical (unpaired) electrons. The van der Waals surface area contributed by atoms with Gasteiger partial charge >= 0.3 is 0 Å². The third-order valence-electron chi connectivity index (χ3n) is 3.44. The molecule has 0 amide bonds. The lowest BCUT2D eigenvalue weighted by atomic mass is 9.83. The SMILES string of the molecule is CC[C@@H](N=[N+]=[N-])[C@@H](N)CC1CCCCC1. The van der Waals surface area contributed by atoms with Crippen LogP contribution in [0.15, 0.2) is 5.11 Å². The second-order valence-electron chi connectivity index (χ2n) is 4.58. The van der Waals surface area contributed by atoms with Gasteiger partial charge in [0, 0.05) is 11.0 Å². The first-order valence-corrected chi connectivity index (χ1v) is 6.07. The van der Waals surface area contributed by atoms with Crippen molar-refractivity contribution in [3.05, 3.63) is 10.4 Å². The quantitative estimate of drug-likeness (QED) is 0.421. The number of nitrogens with zero attached hydrogens (tertiary/aromatic N) is 3. The van der Waals surface area contributed by atoms with Crippen LogP contribution in [-0.2, 0) is 0 Å². The molecule has 0 unspecified atom stereocenters. The minimum Gasteiger partial charge on any atom is -0.327 e. The molecule has 1 saturated carbocycles. The molecular weight excluding hydrogens is 188 g/mol. The van der Waals surface area contributed by atoms with Gasteiger partial charge in [0.2, 0.25) is 0 Å². The molecule has 0 aromatic carbocycles. The second-order valence-corrected chi connectivity index (χ2v) is 4.58. The Morgan fingerprint density at radius 3 is 2.60 bits per heavy atom. The van der Waals surface area contributed by atoms with Gasteiger partial charge in [0.1, 0.15) is 0 Å². The zero-order valence-electron chi connectivity index (χ0n) is 9.60. The summed E-state index contributed by atoms with van der Waals surface area (Å²) in [6.45, 7) is 2.03. The van der Waals surface area contributed by atoms with Gasteiger partial charge in [-0.2, -0.15) is 0 Å². The Labute approximate surface area is 91.9 Å². The maximum Gasteiger partial charge on any atom is 0.0522 e. The number of hydrogen-bond acceptors (Lipinski definition) is 2. The van der Waals surface area contributed by atoms with Crippen molar-refractivity contribution in [3.8, 4) is 0 Å². The fourth-order valence-corrected chi connectivity index (χ4v) is 2.50. The largest absolute Gasteiger partial charge is 0.327 e. The highest BCUT2D eigenvalue weighted by atomic mass is 15.2. The summed E-state index contributed by atoms with van der Waals surface area (Å²) in [6.07, 6.45) is 8.54. The molecule has 0 aliphatic heterocycles. The summed E-state index contributed by atoms with van der Waals surface area (Å²) >= 11 is 0. The number of rotatable bonds is 5. The van der Waals surface area contributed by atoms with Gasteiger partial charge in [-0.15, -0.1) is 0 Å². The Bertz CT molecular complexity index is 217. The molecule has 1 aliphatic rings. The molecule has 2 N–H and O–H groups in total. The van der Waals surface area contributed by atoms with E-state index in [-0.39, 0.29) is 12.1 Å². The van der Waals surface area contributed by atoms with E-state index in [0.717, 1.165) is 18.8 Å². The molecule has 1 aliphatic carbocycles. The van der Waals surface area contributed by atoms with Crippen molar-refractivity contribution >= 4 is 0 Å². The first-order chi connectivity index (χ1) is 7.27. The Morgan fingerprint density at radius 1 is 1.40 bits per heavy atom. The van der Waals surface area contributed by atoms with Crippen molar-refractivity contribution in [1.82, 2.24) is 0 Å². The molecule has 4 heteroatoms. The van der Waals surface area contributed by atoms with Crippen LogP contribution in [0.25, 0.3) is 10.4 Å². The normalized spacial score (nSPS) is 21.7. The van der Waals surface area contributed by atoms with E-state index in [1.165, 1.54) is 32.1 Å². The molecule has 15 heavy (non-hydrogen) atoms. The van der Waals surface area contributed by atoms with Crippen LogP contribution in [0.5, 0.6) is 0 Å². The molecule has 0 aromatic rings. The van der Waals surface area contributed by atoms with Crippen molar-refractivity contribution in [1.29, 1.82) is 0 Å². The van der Waals surface area contributed by atoms with Crippen LogP contribution in [0.2, 0.25) is 0 Å². The Balaban J connectivity index is 2.37. The summed E-state index contributed by atoms with van der Waals surface area (Å²) in [7, 11) is 0. The molecule has 0 heterocycles. The van der Waals surface area contributed by atoms with Gasteiger partial charge in [-0.3, -0.25) is 0 Å². The summed E-state index contributed by atoms with van der Waals surface area (Å²) < 4.78 is 0. The first-order valence-electron chi connectivity index (χ1n) is 6.07. The summed E-state index contributed by atoms with van der Waals surface area (Å²) in [5, 5.41) is 3.76. The Morgan fingerprint density at radius 2 is 2.07 bits per heavy atom. The predicted octanol–water partition coefficient (Wildman–Crippen LogP) is 3.37. The van der Waals surface area contributed by atoms with Crippen molar-refractivity contribution in [3.63, 3.8) is 0 Å². The van der Waals surface area contributed by atoms with E-state index in [2.05, 4.69) is 10.0 Å². The van der Waals surface area contributed by atoms with Gasteiger partial charge in [0.05, 0.1) is 6.04 Å². The molecule has 1 fully saturated rings. The standard InChI is InChI=1S/C11H22N4/c1-2-11(14-15-13)10(12)8-9-6-4-3-5-7-9/h9-11H,2-8,12H2,1H3/t10-,11+/m0/s1. The monoisotopic (exact) mass is 210 g/mol. The van der Waals surface area contributed by atoms with Crippen LogP contribution >= 0.6 is 0 Å². The average molecular weight is 210 g/mol. The van der Waals surface area contributed by atoms with Crippen LogP contribution in [-0.4, -0.2) is 12.1 Å². The first kappa shape index (κ1) is 12.3. The van der Waals surface area contributed by atoms with E-state index < -0.39 is 0 Å². The maximum atomic E-state index is 8.43. The smallest absolute Gasteiger partial charge is 0.0522 e. The highest BCUT2D eigenvalue weighted by Crippen LogP contribution is 2.28. The van der Waals surface area contributed by atoms with E-state index in [1.807, 2.05) is 6.92 Å². The van der Waals surface area contributed by atoms with Crippen LogP contribution < -0.4 is 5.73 Å². The molecule has 4 nitrogen and oxygen atoms in total. The van der Waals surface area contributed by atoms with E-state index in [4.69, 9.17) is 11.3 Å². The maximum absolute atomic E-state index is 8.43. The predicted molar refractivity (Wildman–Crippen MR) is 62.4 cm³/mol. The fourth-order valence-electron chi connectivity index (χ4n) is 2.50. The summed E-state index contributed by atoms with van der Waals surface area (Å²) in [5.74, 6) is 0.761. The molecule has 0 bridgehead atoms. The lowest BCUT2D eigenvalue weighted by Gasteiger charge is -2.26. The van der Waals surface area contributed by atoms with Gasteiger partial charge in [0.15, 0.2) is 0 Å². The van der Waals surface area contributed by atoms with Crippen LogP contribution in [0, 0.1) is 5.92 Å². The van der Waals surface area contributed by atoms with E-state index in [0.29, 0.717) is 0 Å². The van der Waals surface area contributed by atoms with E-state index in [1.54, 1.807) is 0 Å². The number of azide groups is 1. The summed E-state index contributed by atoms with van der Waals surface area (Å²) in [6, 6.07) is 0.0333. The molecule has 86 valence electrons. The fraction of sp³-hybridized carbons (Fsp3) is 1.00. The minimum absolute atomic E-state index is 0.0167. The van der Waals surface area contributed by atoms with Gasteiger partial charge in [-0.1, -0.05) is 44.1 Å². The molecule has 2 atom stereocenters. The number of hydrogen-bond donors (Lipinski definition) is 1.